The summed E-state index contributed by atoms with van der Waals surface area (Å²) < 4.78 is 19.2. The van der Waals surface area contributed by atoms with Crippen molar-refractivity contribution < 1.29 is 13.9 Å². The van der Waals surface area contributed by atoms with Crippen LogP contribution in [0.15, 0.2) is 22.7 Å². The molecule has 0 unspecified atom stereocenters. The number of likely N-dealkylation sites (N-methyl/N-ethyl adjacent to an activating group) is 1. The summed E-state index contributed by atoms with van der Waals surface area (Å²) in [6.45, 7) is 2.98. The van der Waals surface area contributed by atoms with Crippen molar-refractivity contribution in [3.05, 3.63) is 34.1 Å². The molecule has 0 aliphatic heterocycles. The zero-order chi connectivity index (χ0) is 13.5. The standard InChI is InChI=1S/C13H17BrFNO2/c1-3-18-13(17)9-16(2)7-6-10-8-11(14)4-5-12(10)15/h4-5,8H,3,6-7,9H2,1-2H3. The monoisotopic (exact) mass is 317 g/mol. The fourth-order valence-electron chi connectivity index (χ4n) is 1.55. The van der Waals surface area contributed by atoms with Crippen LogP contribution >= 0.6 is 15.9 Å². The lowest BCUT2D eigenvalue weighted by atomic mass is 10.1. The lowest BCUT2D eigenvalue weighted by Crippen LogP contribution is -2.29. The molecule has 0 heterocycles. The number of carbonyl (C=O) groups is 1. The molecule has 0 N–H and O–H groups in total. The first-order valence-corrected chi connectivity index (χ1v) is 6.60. The maximum Gasteiger partial charge on any atom is 0.320 e. The van der Waals surface area contributed by atoms with Crippen molar-refractivity contribution in [2.45, 2.75) is 13.3 Å². The van der Waals surface area contributed by atoms with Crippen molar-refractivity contribution in [3.63, 3.8) is 0 Å². The molecule has 0 saturated carbocycles. The molecule has 1 rings (SSSR count). The Balaban J connectivity index is 2.44. The van der Waals surface area contributed by atoms with Crippen LogP contribution in [0, 0.1) is 5.82 Å². The molecule has 0 fully saturated rings. The summed E-state index contributed by atoms with van der Waals surface area (Å²) in [5.74, 6) is -0.475. The molecule has 1 aromatic carbocycles. The zero-order valence-corrected chi connectivity index (χ0v) is 12.2. The number of hydrogen-bond donors (Lipinski definition) is 0. The van der Waals surface area contributed by atoms with E-state index in [2.05, 4.69) is 15.9 Å². The highest BCUT2D eigenvalue weighted by Gasteiger charge is 2.09. The van der Waals surface area contributed by atoms with Gasteiger partial charge in [-0.3, -0.25) is 9.69 Å². The van der Waals surface area contributed by atoms with Crippen LogP contribution in [0.25, 0.3) is 0 Å². The summed E-state index contributed by atoms with van der Waals surface area (Å²) in [5, 5.41) is 0. The molecule has 0 radical (unpaired) electrons. The third-order valence-corrected chi connectivity index (χ3v) is 2.97. The number of ether oxygens (including phenoxy) is 1. The predicted molar refractivity (Wildman–Crippen MR) is 71.9 cm³/mol. The third-order valence-electron chi connectivity index (χ3n) is 2.47. The molecule has 5 heteroatoms. The van der Waals surface area contributed by atoms with Crippen LogP contribution in [0.2, 0.25) is 0 Å². The SMILES string of the molecule is CCOC(=O)CN(C)CCc1cc(Br)ccc1F. The third kappa shape index (κ3) is 5.14. The number of rotatable bonds is 6. The van der Waals surface area contributed by atoms with Crippen LogP contribution in [0.5, 0.6) is 0 Å². The van der Waals surface area contributed by atoms with Gasteiger partial charge in [-0.2, -0.15) is 0 Å². The summed E-state index contributed by atoms with van der Waals surface area (Å²) in [5.41, 5.74) is 0.639. The number of carbonyl (C=O) groups excluding carboxylic acids is 1. The fraction of sp³-hybridized carbons (Fsp3) is 0.462. The summed E-state index contributed by atoms with van der Waals surface area (Å²) in [7, 11) is 1.81. The highest BCUT2D eigenvalue weighted by Crippen LogP contribution is 2.16. The van der Waals surface area contributed by atoms with Gasteiger partial charge in [0.1, 0.15) is 5.82 Å². The average molecular weight is 318 g/mol. The van der Waals surface area contributed by atoms with Gasteiger partial charge in [-0.25, -0.2) is 4.39 Å². The maximum atomic E-state index is 13.5. The highest BCUT2D eigenvalue weighted by atomic mass is 79.9. The number of benzene rings is 1. The Labute approximate surface area is 115 Å². The molecule has 18 heavy (non-hydrogen) atoms. The van der Waals surface area contributed by atoms with Crippen LogP contribution in [-0.2, 0) is 16.0 Å². The lowest BCUT2D eigenvalue weighted by molar-refractivity contribution is -0.144. The Bertz CT molecular complexity index is 412. The van der Waals surface area contributed by atoms with Crippen LogP contribution in [0.3, 0.4) is 0 Å². The Morgan fingerprint density at radius 1 is 1.50 bits per heavy atom. The first-order valence-electron chi connectivity index (χ1n) is 5.81. The summed E-state index contributed by atoms with van der Waals surface area (Å²) >= 11 is 3.31. The lowest BCUT2D eigenvalue weighted by Gasteiger charge is -2.15. The molecule has 3 nitrogen and oxygen atoms in total. The Kier molecular flexibility index (Phi) is 6.29. The second-order valence-corrected chi connectivity index (χ2v) is 4.94. The fourth-order valence-corrected chi connectivity index (χ4v) is 1.96. The molecular formula is C13H17BrFNO2. The second kappa shape index (κ2) is 7.48. The number of nitrogens with zero attached hydrogens (tertiary/aromatic N) is 1. The summed E-state index contributed by atoms with van der Waals surface area (Å²) in [6, 6.07) is 4.86. The van der Waals surface area contributed by atoms with E-state index in [0.29, 0.717) is 25.1 Å². The van der Waals surface area contributed by atoms with E-state index in [0.717, 1.165) is 4.47 Å². The molecule has 100 valence electrons. The van der Waals surface area contributed by atoms with Gasteiger partial charge in [0, 0.05) is 11.0 Å². The van der Waals surface area contributed by atoms with Crippen LogP contribution in [-0.4, -0.2) is 37.6 Å². The number of halogens is 2. The smallest absolute Gasteiger partial charge is 0.320 e. The topological polar surface area (TPSA) is 29.5 Å². The van der Waals surface area contributed by atoms with Gasteiger partial charge in [-0.05, 0) is 44.2 Å². The van der Waals surface area contributed by atoms with E-state index in [9.17, 15) is 9.18 Å². The first-order chi connectivity index (χ1) is 8.52. The summed E-state index contributed by atoms with van der Waals surface area (Å²) in [6.07, 6.45) is 0.557. The van der Waals surface area contributed by atoms with Crippen LogP contribution in [0.4, 0.5) is 4.39 Å². The Morgan fingerprint density at radius 2 is 2.22 bits per heavy atom. The Morgan fingerprint density at radius 3 is 2.89 bits per heavy atom. The van der Waals surface area contributed by atoms with Gasteiger partial charge in [0.25, 0.3) is 0 Å². The van der Waals surface area contributed by atoms with Crippen LogP contribution < -0.4 is 0 Å². The zero-order valence-electron chi connectivity index (χ0n) is 10.6. The molecule has 1 aromatic rings. The first kappa shape index (κ1) is 15.1. The largest absolute Gasteiger partial charge is 0.465 e. The molecule has 0 aromatic heterocycles. The van der Waals surface area contributed by atoms with Gasteiger partial charge in [0.2, 0.25) is 0 Å². The second-order valence-electron chi connectivity index (χ2n) is 4.03. The Hall–Kier alpha value is -0.940. The number of esters is 1. The van der Waals surface area contributed by atoms with E-state index < -0.39 is 0 Å². The minimum absolute atomic E-state index is 0.220. The normalized spacial score (nSPS) is 10.7. The van der Waals surface area contributed by atoms with E-state index >= 15 is 0 Å². The molecule has 0 aliphatic carbocycles. The molecule has 0 bridgehead atoms. The molecule has 0 spiro atoms. The molecule has 0 aliphatic rings. The van der Waals surface area contributed by atoms with E-state index in [4.69, 9.17) is 4.74 Å². The van der Waals surface area contributed by atoms with Crippen molar-refractivity contribution in [2.75, 3.05) is 26.7 Å². The average Bonchev–Trinajstić information content (AvgIpc) is 2.30. The van der Waals surface area contributed by atoms with Crippen molar-refractivity contribution in [3.8, 4) is 0 Å². The molecular weight excluding hydrogens is 301 g/mol. The number of hydrogen-bond acceptors (Lipinski definition) is 3. The minimum atomic E-state index is -0.255. The van der Waals surface area contributed by atoms with E-state index in [1.165, 1.54) is 6.07 Å². The molecule has 0 atom stereocenters. The highest BCUT2D eigenvalue weighted by molar-refractivity contribution is 9.10. The van der Waals surface area contributed by atoms with Crippen molar-refractivity contribution in [2.24, 2.45) is 0 Å². The van der Waals surface area contributed by atoms with E-state index in [-0.39, 0.29) is 18.3 Å². The van der Waals surface area contributed by atoms with Crippen molar-refractivity contribution >= 4 is 21.9 Å². The van der Waals surface area contributed by atoms with E-state index in [1.54, 1.807) is 19.1 Å². The van der Waals surface area contributed by atoms with Gasteiger partial charge in [0.05, 0.1) is 13.2 Å². The van der Waals surface area contributed by atoms with Gasteiger partial charge < -0.3 is 4.74 Å². The van der Waals surface area contributed by atoms with E-state index in [1.807, 2.05) is 11.9 Å². The summed E-state index contributed by atoms with van der Waals surface area (Å²) in [4.78, 5) is 13.1. The quantitative estimate of drug-likeness (QED) is 0.755. The van der Waals surface area contributed by atoms with Crippen LogP contribution in [0.1, 0.15) is 12.5 Å². The van der Waals surface area contributed by atoms with Gasteiger partial charge in [0.15, 0.2) is 0 Å². The van der Waals surface area contributed by atoms with Gasteiger partial charge >= 0.3 is 5.97 Å². The minimum Gasteiger partial charge on any atom is -0.465 e. The molecule has 0 saturated heterocycles. The predicted octanol–water partition coefficient (Wildman–Crippen LogP) is 2.63. The van der Waals surface area contributed by atoms with Crippen molar-refractivity contribution in [1.82, 2.24) is 4.90 Å². The van der Waals surface area contributed by atoms with Gasteiger partial charge in [-0.15, -0.1) is 0 Å². The molecule has 0 amide bonds. The van der Waals surface area contributed by atoms with Gasteiger partial charge in [-0.1, -0.05) is 15.9 Å². The maximum absolute atomic E-state index is 13.5. The van der Waals surface area contributed by atoms with Crippen molar-refractivity contribution in [1.29, 1.82) is 0 Å².